The SMILES string of the molecule is COC(=O)C(O)CC1CCCN1C(=O)OC(C)(C)C. The number of amides is 1. The highest BCUT2D eigenvalue weighted by atomic mass is 16.6. The van der Waals surface area contributed by atoms with Crippen LogP contribution in [0, 0.1) is 0 Å². The van der Waals surface area contributed by atoms with E-state index in [1.807, 2.05) is 0 Å². The molecule has 1 aliphatic rings. The fourth-order valence-corrected chi connectivity index (χ4v) is 2.13. The summed E-state index contributed by atoms with van der Waals surface area (Å²) < 4.78 is 9.78. The quantitative estimate of drug-likeness (QED) is 0.785. The van der Waals surface area contributed by atoms with Gasteiger partial charge in [0, 0.05) is 19.0 Å². The summed E-state index contributed by atoms with van der Waals surface area (Å²) in [7, 11) is 1.23. The number of likely N-dealkylation sites (tertiary alicyclic amines) is 1. The standard InChI is InChI=1S/C13H23NO5/c1-13(2,3)19-12(17)14-7-5-6-9(14)8-10(15)11(16)18-4/h9-10,15H,5-8H2,1-4H3. The minimum Gasteiger partial charge on any atom is -0.467 e. The van der Waals surface area contributed by atoms with Crippen molar-refractivity contribution in [3.8, 4) is 0 Å². The van der Waals surface area contributed by atoms with Crippen molar-refractivity contribution in [2.24, 2.45) is 0 Å². The Balaban J connectivity index is 2.59. The third-order valence-corrected chi connectivity index (χ3v) is 2.97. The van der Waals surface area contributed by atoms with Crippen molar-refractivity contribution in [2.75, 3.05) is 13.7 Å². The van der Waals surface area contributed by atoms with Gasteiger partial charge in [0.05, 0.1) is 7.11 Å². The van der Waals surface area contributed by atoms with Crippen molar-refractivity contribution in [3.05, 3.63) is 0 Å². The van der Waals surface area contributed by atoms with Crippen LogP contribution in [0.5, 0.6) is 0 Å². The van der Waals surface area contributed by atoms with Gasteiger partial charge < -0.3 is 19.5 Å². The second-order valence-electron chi connectivity index (χ2n) is 5.74. The zero-order chi connectivity index (χ0) is 14.6. The first-order valence-electron chi connectivity index (χ1n) is 6.50. The maximum Gasteiger partial charge on any atom is 0.410 e. The first-order valence-corrected chi connectivity index (χ1v) is 6.50. The number of carbonyl (C=O) groups excluding carboxylic acids is 2. The third kappa shape index (κ3) is 4.70. The summed E-state index contributed by atoms with van der Waals surface area (Å²) in [5, 5.41) is 9.66. The average Bonchev–Trinajstić information content (AvgIpc) is 2.73. The van der Waals surface area contributed by atoms with E-state index in [1.54, 1.807) is 25.7 Å². The van der Waals surface area contributed by atoms with Crippen LogP contribution in [-0.4, -0.2) is 53.5 Å². The Morgan fingerprint density at radius 2 is 2.05 bits per heavy atom. The van der Waals surface area contributed by atoms with Crippen LogP contribution in [0.1, 0.15) is 40.0 Å². The Hall–Kier alpha value is -1.30. The Morgan fingerprint density at radius 3 is 2.58 bits per heavy atom. The molecule has 0 aromatic heterocycles. The smallest absolute Gasteiger partial charge is 0.410 e. The highest BCUT2D eigenvalue weighted by molar-refractivity contribution is 5.74. The Kier molecular flexibility index (Phi) is 5.17. The number of esters is 1. The van der Waals surface area contributed by atoms with Crippen molar-refractivity contribution in [1.29, 1.82) is 0 Å². The summed E-state index contributed by atoms with van der Waals surface area (Å²) >= 11 is 0. The van der Waals surface area contributed by atoms with Crippen molar-refractivity contribution in [2.45, 2.75) is 57.8 Å². The Bertz CT molecular complexity index is 336. The third-order valence-electron chi connectivity index (χ3n) is 2.97. The van der Waals surface area contributed by atoms with Crippen LogP contribution in [0.4, 0.5) is 4.79 Å². The van der Waals surface area contributed by atoms with Gasteiger partial charge in [0.1, 0.15) is 5.60 Å². The molecule has 0 saturated carbocycles. The number of carbonyl (C=O) groups is 2. The topological polar surface area (TPSA) is 76.1 Å². The van der Waals surface area contributed by atoms with Gasteiger partial charge in [-0.05, 0) is 33.6 Å². The molecule has 1 saturated heterocycles. The maximum atomic E-state index is 12.0. The van der Waals surface area contributed by atoms with Crippen molar-refractivity contribution in [3.63, 3.8) is 0 Å². The zero-order valence-corrected chi connectivity index (χ0v) is 12.0. The van der Waals surface area contributed by atoms with Crippen LogP contribution in [0.3, 0.4) is 0 Å². The fraction of sp³-hybridized carbons (Fsp3) is 0.846. The molecule has 2 atom stereocenters. The molecule has 0 aromatic rings. The van der Waals surface area contributed by atoms with E-state index in [9.17, 15) is 14.7 Å². The van der Waals surface area contributed by atoms with E-state index >= 15 is 0 Å². The molecular formula is C13H23NO5. The van der Waals surface area contributed by atoms with E-state index in [0.717, 1.165) is 12.8 Å². The predicted molar refractivity (Wildman–Crippen MR) is 68.6 cm³/mol. The highest BCUT2D eigenvalue weighted by Gasteiger charge is 2.34. The normalized spacial score (nSPS) is 21.1. The molecule has 6 heteroatoms. The van der Waals surface area contributed by atoms with Gasteiger partial charge >= 0.3 is 12.1 Å². The second kappa shape index (κ2) is 6.23. The molecule has 0 spiro atoms. The largest absolute Gasteiger partial charge is 0.467 e. The van der Waals surface area contributed by atoms with Gasteiger partial charge in [0.2, 0.25) is 0 Å². The Labute approximate surface area is 113 Å². The van der Waals surface area contributed by atoms with Gasteiger partial charge in [0.15, 0.2) is 6.10 Å². The maximum absolute atomic E-state index is 12.0. The van der Waals surface area contributed by atoms with Crippen LogP contribution >= 0.6 is 0 Å². The fourth-order valence-electron chi connectivity index (χ4n) is 2.13. The Morgan fingerprint density at radius 1 is 1.42 bits per heavy atom. The van der Waals surface area contributed by atoms with Crippen molar-refractivity contribution < 1.29 is 24.2 Å². The summed E-state index contributed by atoms with van der Waals surface area (Å²) in [4.78, 5) is 24.8. The van der Waals surface area contributed by atoms with E-state index in [-0.39, 0.29) is 12.5 Å². The molecule has 0 aromatic carbocycles. The molecule has 1 aliphatic heterocycles. The number of hydrogen-bond donors (Lipinski definition) is 1. The van der Waals surface area contributed by atoms with Crippen molar-refractivity contribution >= 4 is 12.1 Å². The second-order valence-corrected chi connectivity index (χ2v) is 5.74. The molecule has 6 nitrogen and oxygen atoms in total. The van der Waals surface area contributed by atoms with E-state index < -0.39 is 23.8 Å². The van der Waals surface area contributed by atoms with E-state index in [1.165, 1.54) is 7.11 Å². The van der Waals surface area contributed by atoms with Crippen molar-refractivity contribution in [1.82, 2.24) is 4.90 Å². The number of aliphatic hydroxyl groups is 1. The van der Waals surface area contributed by atoms with Gasteiger partial charge in [-0.3, -0.25) is 0 Å². The van der Waals surface area contributed by atoms with Crippen LogP contribution in [0.25, 0.3) is 0 Å². The first kappa shape index (κ1) is 15.8. The summed E-state index contributed by atoms with van der Waals surface area (Å²) in [6.07, 6.45) is 0.196. The summed E-state index contributed by atoms with van der Waals surface area (Å²) in [5.41, 5.74) is -0.550. The predicted octanol–water partition coefficient (Wildman–Crippen LogP) is 1.31. The number of hydrogen-bond acceptors (Lipinski definition) is 5. The molecule has 1 heterocycles. The molecule has 1 N–H and O–H groups in total. The monoisotopic (exact) mass is 273 g/mol. The molecule has 0 bridgehead atoms. The number of nitrogens with zero attached hydrogens (tertiary/aromatic N) is 1. The van der Waals surface area contributed by atoms with Crippen LogP contribution < -0.4 is 0 Å². The molecule has 1 amide bonds. The summed E-state index contributed by atoms with van der Waals surface area (Å²) in [6.45, 7) is 6.01. The minimum atomic E-state index is -1.20. The molecular weight excluding hydrogens is 250 g/mol. The van der Waals surface area contributed by atoms with Gasteiger partial charge in [-0.1, -0.05) is 0 Å². The van der Waals surface area contributed by atoms with Gasteiger partial charge in [-0.2, -0.15) is 0 Å². The lowest BCUT2D eigenvalue weighted by Crippen LogP contribution is -2.42. The number of methoxy groups -OCH3 is 1. The van der Waals surface area contributed by atoms with E-state index in [2.05, 4.69) is 4.74 Å². The molecule has 1 fully saturated rings. The summed E-state index contributed by atoms with van der Waals surface area (Å²) in [5.74, 6) is -0.670. The lowest BCUT2D eigenvalue weighted by atomic mass is 10.1. The minimum absolute atomic E-state index is 0.177. The molecule has 19 heavy (non-hydrogen) atoms. The van der Waals surface area contributed by atoms with Gasteiger partial charge in [0.25, 0.3) is 0 Å². The lowest BCUT2D eigenvalue weighted by molar-refractivity contribution is -0.151. The number of rotatable bonds is 3. The van der Waals surface area contributed by atoms with Gasteiger partial charge in [-0.15, -0.1) is 0 Å². The lowest BCUT2D eigenvalue weighted by Gasteiger charge is -2.29. The van der Waals surface area contributed by atoms with Gasteiger partial charge in [-0.25, -0.2) is 9.59 Å². The molecule has 0 radical (unpaired) electrons. The van der Waals surface area contributed by atoms with E-state index in [0.29, 0.717) is 6.54 Å². The zero-order valence-electron chi connectivity index (χ0n) is 12.0. The number of ether oxygens (including phenoxy) is 2. The molecule has 2 unspecified atom stereocenters. The summed E-state index contributed by atoms with van der Waals surface area (Å²) in [6, 6.07) is -0.177. The van der Waals surface area contributed by atoms with Crippen LogP contribution in [0.2, 0.25) is 0 Å². The van der Waals surface area contributed by atoms with E-state index in [4.69, 9.17) is 4.74 Å². The number of aliphatic hydroxyl groups excluding tert-OH is 1. The molecule has 110 valence electrons. The van der Waals surface area contributed by atoms with Crippen LogP contribution in [0.15, 0.2) is 0 Å². The average molecular weight is 273 g/mol. The molecule has 1 rings (SSSR count). The molecule has 0 aliphatic carbocycles. The first-order chi connectivity index (χ1) is 8.74. The van der Waals surface area contributed by atoms with Crippen LogP contribution in [-0.2, 0) is 14.3 Å². The highest BCUT2D eigenvalue weighted by Crippen LogP contribution is 2.24.